The second-order valence-electron chi connectivity index (χ2n) is 5.64. The lowest BCUT2D eigenvalue weighted by atomic mass is 10.1. The standard InChI is InChI=1S/C16H19F3N2O2/c1-10-4-3-5-12-11(8-20-15(10)12)6-7-14(23)21(2)9-13(22)16(17,18)19/h3-5,8,13,20,22H,6-7,9H2,1-2H3. The van der Waals surface area contributed by atoms with Crippen LogP contribution < -0.4 is 0 Å². The minimum Gasteiger partial charge on any atom is -0.382 e. The first-order chi connectivity index (χ1) is 10.7. The van der Waals surface area contributed by atoms with E-state index in [0.717, 1.165) is 26.9 Å². The van der Waals surface area contributed by atoms with Gasteiger partial charge in [-0.15, -0.1) is 0 Å². The smallest absolute Gasteiger partial charge is 0.382 e. The molecule has 0 aliphatic carbocycles. The molecule has 0 spiro atoms. The molecular weight excluding hydrogens is 309 g/mol. The topological polar surface area (TPSA) is 56.3 Å². The Bertz CT molecular complexity index is 694. The van der Waals surface area contributed by atoms with E-state index in [2.05, 4.69) is 4.98 Å². The summed E-state index contributed by atoms with van der Waals surface area (Å²) >= 11 is 0. The molecule has 0 fully saturated rings. The summed E-state index contributed by atoms with van der Waals surface area (Å²) in [7, 11) is 1.26. The third kappa shape index (κ3) is 4.04. The molecule has 4 nitrogen and oxygen atoms in total. The van der Waals surface area contributed by atoms with Gasteiger partial charge in [0, 0.05) is 30.6 Å². The maximum Gasteiger partial charge on any atom is 0.416 e. The maximum atomic E-state index is 12.3. The fourth-order valence-electron chi connectivity index (χ4n) is 2.47. The Labute approximate surface area is 131 Å². The zero-order chi connectivity index (χ0) is 17.2. The Morgan fingerprint density at radius 3 is 2.74 bits per heavy atom. The number of likely N-dealkylation sites (N-methyl/N-ethyl adjacent to an activating group) is 1. The lowest BCUT2D eigenvalue weighted by Crippen LogP contribution is -2.41. The van der Waals surface area contributed by atoms with Crippen molar-refractivity contribution in [1.82, 2.24) is 9.88 Å². The number of alkyl halides is 3. The lowest BCUT2D eigenvalue weighted by Gasteiger charge is -2.22. The summed E-state index contributed by atoms with van der Waals surface area (Å²) < 4.78 is 36.9. The van der Waals surface area contributed by atoms with E-state index in [9.17, 15) is 18.0 Å². The molecule has 23 heavy (non-hydrogen) atoms. The van der Waals surface area contributed by atoms with Crippen molar-refractivity contribution in [2.45, 2.75) is 32.0 Å². The summed E-state index contributed by atoms with van der Waals surface area (Å²) in [5.74, 6) is -0.435. The lowest BCUT2D eigenvalue weighted by molar-refractivity contribution is -0.207. The quantitative estimate of drug-likeness (QED) is 0.887. The molecular formula is C16H19F3N2O2. The van der Waals surface area contributed by atoms with Crippen molar-refractivity contribution < 1.29 is 23.1 Å². The van der Waals surface area contributed by atoms with Gasteiger partial charge in [0.2, 0.25) is 5.91 Å². The van der Waals surface area contributed by atoms with E-state index in [0.29, 0.717) is 6.42 Å². The van der Waals surface area contributed by atoms with Crippen molar-refractivity contribution in [1.29, 1.82) is 0 Å². The number of aliphatic hydroxyl groups excluding tert-OH is 1. The van der Waals surface area contributed by atoms with E-state index in [4.69, 9.17) is 5.11 Å². The summed E-state index contributed by atoms with van der Waals surface area (Å²) in [5, 5.41) is 10.0. The minimum atomic E-state index is -4.72. The molecule has 1 aromatic heterocycles. The van der Waals surface area contributed by atoms with Crippen LogP contribution in [0.2, 0.25) is 0 Å². The second kappa shape index (κ2) is 6.62. The van der Waals surface area contributed by atoms with Crippen molar-refractivity contribution >= 4 is 16.8 Å². The summed E-state index contributed by atoms with van der Waals surface area (Å²) in [4.78, 5) is 16.0. The number of aryl methyl sites for hydroxylation is 2. The summed E-state index contributed by atoms with van der Waals surface area (Å²) in [6.45, 7) is 1.22. The zero-order valence-electron chi connectivity index (χ0n) is 12.9. The van der Waals surface area contributed by atoms with Crippen LogP contribution in [0, 0.1) is 6.92 Å². The highest BCUT2D eigenvalue weighted by Crippen LogP contribution is 2.23. The van der Waals surface area contributed by atoms with Gasteiger partial charge in [-0.25, -0.2) is 0 Å². The van der Waals surface area contributed by atoms with E-state index in [1.54, 1.807) is 0 Å². The van der Waals surface area contributed by atoms with Crippen molar-refractivity contribution in [3.05, 3.63) is 35.5 Å². The number of hydrogen-bond donors (Lipinski definition) is 2. The van der Waals surface area contributed by atoms with Crippen LogP contribution in [-0.4, -0.2) is 46.8 Å². The predicted molar refractivity (Wildman–Crippen MR) is 81.1 cm³/mol. The first kappa shape index (κ1) is 17.3. The molecule has 2 N–H and O–H groups in total. The molecule has 0 aliphatic heterocycles. The van der Waals surface area contributed by atoms with Gasteiger partial charge in [0.15, 0.2) is 6.10 Å². The SMILES string of the molecule is Cc1cccc2c(CCC(=O)N(C)CC(O)C(F)(F)F)c[nH]c12. The average molecular weight is 328 g/mol. The minimum absolute atomic E-state index is 0.0853. The fraction of sp³-hybridized carbons (Fsp3) is 0.438. The monoisotopic (exact) mass is 328 g/mol. The number of aromatic nitrogens is 1. The van der Waals surface area contributed by atoms with Crippen LogP contribution in [0.5, 0.6) is 0 Å². The molecule has 0 saturated carbocycles. The molecule has 7 heteroatoms. The molecule has 0 bridgehead atoms. The van der Waals surface area contributed by atoms with Gasteiger partial charge >= 0.3 is 6.18 Å². The van der Waals surface area contributed by atoms with Gasteiger partial charge in [0.05, 0.1) is 6.54 Å². The van der Waals surface area contributed by atoms with E-state index < -0.39 is 24.7 Å². The molecule has 0 radical (unpaired) electrons. The largest absolute Gasteiger partial charge is 0.416 e. The molecule has 2 aromatic rings. The normalized spacial score (nSPS) is 13.3. The Hall–Kier alpha value is -2.02. The molecule has 1 amide bonds. The van der Waals surface area contributed by atoms with Crippen molar-refractivity contribution in [3.8, 4) is 0 Å². The average Bonchev–Trinajstić information content (AvgIpc) is 2.88. The number of amides is 1. The first-order valence-electron chi connectivity index (χ1n) is 7.24. The van der Waals surface area contributed by atoms with Crippen molar-refractivity contribution in [2.24, 2.45) is 0 Å². The van der Waals surface area contributed by atoms with Crippen molar-refractivity contribution in [2.75, 3.05) is 13.6 Å². The van der Waals surface area contributed by atoms with Gasteiger partial charge in [-0.3, -0.25) is 4.79 Å². The Balaban J connectivity index is 1.97. The Kier molecular flexibility index (Phi) is 4.99. The number of aromatic amines is 1. The molecule has 126 valence electrons. The Morgan fingerprint density at radius 1 is 1.39 bits per heavy atom. The number of aliphatic hydroxyl groups is 1. The van der Waals surface area contributed by atoms with Crippen LogP contribution in [0.15, 0.2) is 24.4 Å². The van der Waals surface area contributed by atoms with Gasteiger partial charge < -0.3 is 15.0 Å². The van der Waals surface area contributed by atoms with Crippen LogP contribution in [0.4, 0.5) is 13.2 Å². The molecule has 1 heterocycles. The zero-order valence-corrected chi connectivity index (χ0v) is 12.9. The molecule has 0 saturated heterocycles. The number of rotatable bonds is 5. The van der Waals surface area contributed by atoms with Crippen LogP contribution in [0.25, 0.3) is 10.9 Å². The number of benzene rings is 1. The van der Waals surface area contributed by atoms with Crippen LogP contribution >= 0.6 is 0 Å². The van der Waals surface area contributed by atoms with Gasteiger partial charge in [-0.2, -0.15) is 13.2 Å². The number of hydrogen-bond acceptors (Lipinski definition) is 2. The number of para-hydroxylation sites is 1. The molecule has 1 atom stereocenters. The highest BCUT2D eigenvalue weighted by atomic mass is 19.4. The number of carbonyl (C=O) groups excluding carboxylic acids is 1. The van der Waals surface area contributed by atoms with Gasteiger partial charge in [0.1, 0.15) is 0 Å². The number of carbonyl (C=O) groups is 1. The Morgan fingerprint density at radius 2 is 2.09 bits per heavy atom. The van der Waals surface area contributed by atoms with Crippen LogP contribution in [-0.2, 0) is 11.2 Å². The molecule has 2 rings (SSSR count). The van der Waals surface area contributed by atoms with Gasteiger partial charge in [-0.05, 0) is 24.5 Å². The van der Waals surface area contributed by atoms with Gasteiger partial charge in [0.25, 0.3) is 0 Å². The van der Waals surface area contributed by atoms with E-state index in [1.165, 1.54) is 7.05 Å². The third-order valence-electron chi connectivity index (χ3n) is 3.87. The van der Waals surface area contributed by atoms with E-state index >= 15 is 0 Å². The first-order valence-corrected chi connectivity index (χ1v) is 7.24. The second-order valence-corrected chi connectivity index (χ2v) is 5.64. The summed E-state index contributed by atoms with van der Waals surface area (Å²) in [6, 6.07) is 5.83. The van der Waals surface area contributed by atoms with E-state index in [1.807, 2.05) is 31.3 Å². The number of nitrogens with one attached hydrogen (secondary N) is 1. The van der Waals surface area contributed by atoms with E-state index in [-0.39, 0.29) is 6.42 Å². The maximum absolute atomic E-state index is 12.3. The number of nitrogens with zero attached hydrogens (tertiary/aromatic N) is 1. The van der Waals surface area contributed by atoms with Gasteiger partial charge in [-0.1, -0.05) is 18.2 Å². The molecule has 1 unspecified atom stereocenters. The molecule has 1 aromatic carbocycles. The van der Waals surface area contributed by atoms with Crippen LogP contribution in [0.1, 0.15) is 17.5 Å². The third-order valence-corrected chi connectivity index (χ3v) is 3.87. The van der Waals surface area contributed by atoms with Crippen LogP contribution in [0.3, 0.4) is 0 Å². The van der Waals surface area contributed by atoms with Crippen molar-refractivity contribution in [3.63, 3.8) is 0 Å². The number of halogens is 3. The molecule has 0 aliphatic rings. The number of H-pyrrole nitrogens is 1. The highest BCUT2D eigenvalue weighted by molar-refractivity contribution is 5.86. The highest BCUT2D eigenvalue weighted by Gasteiger charge is 2.39. The number of fused-ring (bicyclic) bond motifs is 1. The summed E-state index contributed by atoms with van der Waals surface area (Å²) in [5.41, 5.74) is 3.03. The fourth-order valence-corrected chi connectivity index (χ4v) is 2.47. The summed E-state index contributed by atoms with van der Waals surface area (Å²) in [6.07, 6.45) is -4.91. The predicted octanol–water partition coefficient (Wildman–Crippen LogP) is 2.79.